The van der Waals surface area contributed by atoms with Crippen molar-refractivity contribution >= 4 is 6.09 Å². The second kappa shape index (κ2) is 3.25. The van der Waals surface area contributed by atoms with Crippen molar-refractivity contribution in [3.05, 3.63) is 12.2 Å². The van der Waals surface area contributed by atoms with Crippen LogP contribution in [0.3, 0.4) is 0 Å². The monoisotopic (exact) mass is 141 g/mol. The maximum atomic E-state index is 10.2. The standard InChI is InChI=1S/C7H11NO2/c8-7(9)10-6-4-2-1-3-5-6/h2,4,6H,1,3,5H2,(H2,8,9)/t6-/m0/s1. The molecule has 3 nitrogen and oxygen atoms in total. The summed E-state index contributed by atoms with van der Waals surface area (Å²) in [6.45, 7) is 0. The van der Waals surface area contributed by atoms with Gasteiger partial charge in [0.15, 0.2) is 0 Å². The highest BCUT2D eigenvalue weighted by molar-refractivity contribution is 5.65. The van der Waals surface area contributed by atoms with Crippen LogP contribution in [0.4, 0.5) is 4.79 Å². The number of nitrogens with two attached hydrogens (primary N) is 1. The molecule has 0 heterocycles. The summed E-state index contributed by atoms with van der Waals surface area (Å²) in [5.74, 6) is 0. The topological polar surface area (TPSA) is 52.3 Å². The zero-order valence-corrected chi connectivity index (χ0v) is 5.75. The normalized spacial score (nSPS) is 24.2. The van der Waals surface area contributed by atoms with Gasteiger partial charge < -0.3 is 10.5 Å². The number of amides is 1. The van der Waals surface area contributed by atoms with Gasteiger partial charge >= 0.3 is 6.09 Å². The van der Waals surface area contributed by atoms with Crippen LogP contribution < -0.4 is 5.73 Å². The van der Waals surface area contributed by atoms with E-state index in [-0.39, 0.29) is 6.10 Å². The molecule has 0 unspecified atom stereocenters. The third kappa shape index (κ3) is 2.09. The van der Waals surface area contributed by atoms with Crippen LogP contribution in [0.15, 0.2) is 12.2 Å². The van der Waals surface area contributed by atoms with Gasteiger partial charge in [-0.2, -0.15) is 0 Å². The summed E-state index contributed by atoms with van der Waals surface area (Å²) in [7, 11) is 0. The summed E-state index contributed by atoms with van der Waals surface area (Å²) in [6, 6.07) is 0. The first-order valence-corrected chi connectivity index (χ1v) is 3.42. The Morgan fingerprint density at radius 2 is 2.50 bits per heavy atom. The van der Waals surface area contributed by atoms with Crippen molar-refractivity contribution in [3.8, 4) is 0 Å². The first-order valence-electron chi connectivity index (χ1n) is 3.42. The summed E-state index contributed by atoms with van der Waals surface area (Å²) in [6.07, 6.45) is 6.19. The molecule has 1 rings (SSSR count). The highest BCUT2D eigenvalue weighted by Crippen LogP contribution is 2.12. The smallest absolute Gasteiger partial charge is 0.405 e. The SMILES string of the molecule is NC(=O)O[C@H]1C=CCCC1. The number of primary amides is 1. The molecule has 0 fully saturated rings. The van der Waals surface area contributed by atoms with E-state index in [4.69, 9.17) is 10.5 Å². The third-order valence-electron chi connectivity index (χ3n) is 1.48. The lowest BCUT2D eigenvalue weighted by Gasteiger charge is -2.14. The second-order valence-corrected chi connectivity index (χ2v) is 2.33. The van der Waals surface area contributed by atoms with Crippen LogP contribution in [-0.4, -0.2) is 12.2 Å². The van der Waals surface area contributed by atoms with Gasteiger partial charge in [0.2, 0.25) is 0 Å². The Morgan fingerprint density at radius 1 is 1.70 bits per heavy atom. The summed E-state index contributed by atoms with van der Waals surface area (Å²) >= 11 is 0. The van der Waals surface area contributed by atoms with Gasteiger partial charge in [-0.3, -0.25) is 0 Å². The fourth-order valence-electron chi connectivity index (χ4n) is 1.03. The average molecular weight is 141 g/mol. The van der Waals surface area contributed by atoms with E-state index < -0.39 is 6.09 Å². The molecule has 1 aliphatic rings. The van der Waals surface area contributed by atoms with E-state index in [2.05, 4.69) is 0 Å². The molecule has 2 N–H and O–H groups in total. The number of ether oxygens (including phenoxy) is 1. The summed E-state index contributed by atoms with van der Waals surface area (Å²) in [4.78, 5) is 10.2. The Bertz CT molecular complexity index is 154. The largest absolute Gasteiger partial charge is 0.442 e. The molecule has 1 aliphatic carbocycles. The van der Waals surface area contributed by atoms with E-state index in [0.29, 0.717) is 0 Å². The lowest BCUT2D eigenvalue weighted by Crippen LogP contribution is -2.22. The Morgan fingerprint density at radius 3 is 3.00 bits per heavy atom. The second-order valence-electron chi connectivity index (χ2n) is 2.33. The van der Waals surface area contributed by atoms with Gasteiger partial charge in [-0.15, -0.1) is 0 Å². The van der Waals surface area contributed by atoms with Gasteiger partial charge in [-0.1, -0.05) is 6.08 Å². The Hall–Kier alpha value is -0.990. The quantitative estimate of drug-likeness (QED) is 0.557. The molecule has 1 amide bonds. The predicted octanol–water partition coefficient (Wildman–Crippen LogP) is 1.19. The molecule has 56 valence electrons. The molecular weight excluding hydrogens is 130 g/mol. The van der Waals surface area contributed by atoms with Crippen LogP contribution >= 0.6 is 0 Å². The van der Waals surface area contributed by atoms with Crippen molar-refractivity contribution in [3.63, 3.8) is 0 Å². The lowest BCUT2D eigenvalue weighted by molar-refractivity contribution is 0.122. The van der Waals surface area contributed by atoms with Crippen molar-refractivity contribution in [2.24, 2.45) is 5.73 Å². The zero-order valence-electron chi connectivity index (χ0n) is 5.75. The van der Waals surface area contributed by atoms with Crippen molar-refractivity contribution in [2.75, 3.05) is 0 Å². The third-order valence-corrected chi connectivity index (χ3v) is 1.48. The Balaban J connectivity index is 2.33. The Labute approximate surface area is 59.8 Å². The van der Waals surface area contributed by atoms with Gasteiger partial charge in [-0.05, 0) is 25.3 Å². The number of hydrogen-bond donors (Lipinski definition) is 1. The Kier molecular flexibility index (Phi) is 2.31. The summed E-state index contributed by atoms with van der Waals surface area (Å²) in [5.41, 5.74) is 4.83. The van der Waals surface area contributed by atoms with E-state index >= 15 is 0 Å². The molecular formula is C7H11NO2. The van der Waals surface area contributed by atoms with Gasteiger partial charge in [-0.25, -0.2) is 4.79 Å². The van der Waals surface area contributed by atoms with E-state index in [1.165, 1.54) is 0 Å². The summed E-state index contributed by atoms with van der Waals surface area (Å²) in [5, 5.41) is 0. The van der Waals surface area contributed by atoms with Crippen LogP contribution in [0, 0.1) is 0 Å². The van der Waals surface area contributed by atoms with Crippen LogP contribution in [0.1, 0.15) is 19.3 Å². The fourth-order valence-corrected chi connectivity index (χ4v) is 1.03. The van der Waals surface area contributed by atoms with E-state index in [9.17, 15) is 4.79 Å². The minimum absolute atomic E-state index is 0.0775. The van der Waals surface area contributed by atoms with Crippen LogP contribution in [0.25, 0.3) is 0 Å². The van der Waals surface area contributed by atoms with Gasteiger partial charge in [0.1, 0.15) is 6.10 Å². The van der Waals surface area contributed by atoms with E-state index in [1.807, 2.05) is 12.2 Å². The molecule has 0 saturated heterocycles. The van der Waals surface area contributed by atoms with Crippen molar-refractivity contribution in [1.82, 2.24) is 0 Å². The highest BCUT2D eigenvalue weighted by atomic mass is 16.6. The minimum Gasteiger partial charge on any atom is -0.442 e. The molecule has 0 aromatic carbocycles. The number of carbonyl (C=O) groups is 1. The lowest BCUT2D eigenvalue weighted by atomic mass is 10.1. The molecule has 0 aromatic rings. The number of hydrogen-bond acceptors (Lipinski definition) is 2. The highest BCUT2D eigenvalue weighted by Gasteiger charge is 2.10. The maximum Gasteiger partial charge on any atom is 0.405 e. The minimum atomic E-state index is -0.684. The maximum absolute atomic E-state index is 10.2. The molecule has 1 atom stereocenters. The first-order chi connectivity index (χ1) is 4.79. The molecule has 0 radical (unpaired) electrons. The van der Waals surface area contributed by atoms with Gasteiger partial charge in [0, 0.05) is 0 Å². The van der Waals surface area contributed by atoms with Crippen LogP contribution in [0.2, 0.25) is 0 Å². The van der Waals surface area contributed by atoms with Crippen LogP contribution in [0.5, 0.6) is 0 Å². The molecule has 0 aromatic heterocycles. The molecule has 3 heteroatoms. The number of rotatable bonds is 1. The van der Waals surface area contributed by atoms with Gasteiger partial charge in [0.25, 0.3) is 0 Å². The first kappa shape index (κ1) is 7.12. The van der Waals surface area contributed by atoms with Crippen LogP contribution in [-0.2, 0) is 4.74 Å². The van der Waals surface area contributed by atoms with Gasteiger partial charge in [0.05, 0.1) is 0 Å². The van der Waals surface area contributed by atoms with Crippen molar-refractivity contribution in [2.45, 2.75) is 25.4 Å². The predicted molar refractivity (Wildman–Crippen MR) is 37.4 cm³/mol. The molecule has 0 saturated carbocycles. The summed E-state index contributed by atoms with van der Waals surface area (Å²) < 4.78 is 4.74. The fraction of sp³-hybridized carbons (Fsp3) is 0.571. The number of carbonyl (C=O) groups excluding carboxylic acids is 1. The van der Waals surface area contributed by atoms with E-state index in [1.54, 1.807) is 0 Å². The molecule has 10 heavy (non-hydrogen) atoms. The number of allylic oxidation sites excluding steroid dienone is 1. The molecule has 0 bridgehead atoms. The van der Waals surface area contributed by atoms with Crippen molar-refractivity contribution in [1.29, 1.82) is 0 Å². The molecule has 0 spiro atoms. The van der Waals surface area contributed by atoms with E-state index in [0.717, 1.165) is 19.3 Å². The molecule has 0 aliphatic heterocycles. The zero-order chi connectivity index (χ0) is 7.40. The average Bonchev–Trinajstić information content (AvgIpc) is 1.88. The van der Waals surface area contributed by atoms with Crippen molar-refractivity contribution < 1.29 is 9.53 Å².